The molecule has 0 spiro atoms. The van der Waals surface area contributed by atoms with Crippen LogP contribution in [0, 0.1) is 5.41 Å². The smallest absolute Gasteiger partial charge is 0.0321 e. The largest absolute Gasteiger partial charge is 0.0599 e. The van der Waals surface area contributed by atoms with Gasteiger partial charge in [-0.15, -0.1) is 0 Å². The maximum absolute atomic E-state index is 8.21. The first-order chi connectivity index (χ1) is 7.46. The van der Waals surface area contributed by atoms with E-state index in [1.165, 1.54) is 5.56 Å². The SMILES string of the molecule is [2H]C([2H])(c1ccc(C(C)(C)C)cc1)C(C)(C)C. The Morgan fingerprint density at radius 3 is 1.73 bits per heavy atom. The Kier molecular flexibility index (Phi) is 2.52. The molecule has 0 amide bonds. The van der Waals surface area contributed by atoms with Crippen molar-refractivity contribution >= 4 is 0 Å². The van der Waals surface area contributed by atoms with Crippen molar-refractivity contribution in [2.24, 2.45) is 5.41 Å². The summed E-state index contributed by atoms with van der Waals surface area (Å²) < 4.78 is 16.4. The van der Waals surface area contributed by atoms with Crippen LogP contribution < -0.4 is 0 Å². The van der Waals surface area contributed by atoms with Crippen molar-refractivity contribution in [1.29, 1.82) is 0 Å². The fourth-order valence-electron chi connectivity index (χ4n) is 1.49. The molecule has 0 aromatic heterocycles. The quantitative estimate of drug-likeness (QED) is 0.631. The van der Waals surface area contributed by atoms with Crippen LogP contribution >= 0.6 is 0 Å². The molecule has 84 valence electrons. The van der Waals surface area contributed by atoms with Crippen LogP contribution in [0.2, 0.25) is 0 Å². The van der Waals surface area contributed by atoms with Crippen LogP contribution in [0.1, 0.15) is 55.4 Å². The van der Waals surface area contributed by atoms with Crippen LogP contribution in [-0.4, -0.2) is 0 Å². The van der Waals surface area contributed by atoms with Gasteiger partial charge in [0, 0.05) is 2.74 Å². The number of hydrogen-bond acceptors (Lipinski definition) is 0. The molecule has 0 heteroatoms. The molecule has 0 nitrogen and oxygen atoms in total. The minimum Gasteiger partial charge on any atom is -0.0599 e. The Morgan fingerprint density at radius 1 is 0.933 bits per heavy atom. The fraction of sp³-hybridized carbons (Fsp3) is 0.600. The molecule has 0 aliphatic carbocycles. The second-order valence-corrected chi connectivity index (χ2v) is 6.20. The summed E-state index contributed by atoms with van der Waals surface area (Å²) in [6.45, 7) is 12.3. The summed E-state index contributed by atoms with van der Waals surface area (Å²) in [5.74, 6) is 0. The lowest BCUT2D eigenvalue weighted by atomic mass is 9.84. The van der Waals surface area contributed by atoms with Gasteiger partial charge >= 0.3 is 0 Å². The zero-order valence-electron chi connectivity index (χ0n) is 12.8. The van der Waals surface area contributed by atoms with Gasteiger partial charge in [0.05, 0.1) is 0 Å². The third kappa shape index (κ3) is 4.07. The Hall–Kier alpha value is -0.780. The van der Waals surface area contributed by atoms with Crippen LogP contribution in [0.25, 0.3) is 0 Å². The molecule has 0 unspecified atom stereocenters. The molecule has 0 atom stereocenters. The highest BCUT2D eigenvalue weighted by atomic mass is 14.2. The van der Waals surface area contributed by atoms with Crippen molar-refractivity contribution in [1.82, 2.24) is 0 Å². The molecular weight excluding hydrogens is 180 g/mol. The van der Waals surface area contributed by atoms with E-state index in [0.29, 0.717) is 0 Å². The second kappa shape index (κ2) is 4.00. The van der Waals surface area contributed by atoms with Crippen molar-refractivity contribution in [3.8, 4) is 0 Å². The maximum atomic E-state index is 8.21. The first-order valence-corrected chi connectivity index (χ1v) is 5.57. The van der Waals surface area contributed by atoms with Gasteiger partial charge in [-0.3, -0.25) is 0 Å². The molecule has 0 bridgehead atoms. The minimum absolute atomic E-state index is 0.118. The van der Waals surface area contributed by atoms with Gasteiger partial charge in [-0.2, -0.15) is 0 Å². The van der Waals surface area contributed by atoms with Crippen molar-refractivity contribution < 1.29 is 2.74 Å². The molecule has 0 saturated carbocycles. The molecule has 0 aliphatic rings. The highest BCUT2D eigenvalue weighted by molar-refractivity contribution is 5.27. The van der Waals surface area contributed by atoms with Crippen molar-refractivity contribution in [3.05, 3.63) is 35.4 Å². The molecule has 0 N–H and O–H groups in total. The number of benzene rings is 1. The van der Waals surface area contributed by atoms with Gasteiger partial charge in [0.15, 0.2) is 0 Å². The molecular formula is C15H24. The summed E-state index contributed by atoms with van der Waals surface area (Å²) in [6, 6.07) is 7.93. The Balaban J connectivity index is 3.12. The Bertz CT molecular complexity index is 375. The molecule has 1 aromatic rings. The predicted molar refractivity (Wildman–Crippen MR) is 68.3 cm³/mol. The lowest BCUT2D eigenvalue weighted by molar-refractivity contribution is 0.411. The third-order valence-electron chi connectivity index (χ3n) is 2.27. The van der Waals surface area contributed by atoms with E-state index in [0.717, 1.165) is 5.56 Å². The molecule has 0 saturated heterocycles. The third-order valence-corrected chi connectivity index (χ3v) is 2.27. The van der Waals surface area contributed by atoms with Crippen molar-refractivity contribution in [3.63, 3.8) is 0 Å². The van der Waals surface area contributed by atoms with Crippen molar-refractivity contribution in [2.75, 3.05) is 0 Å². The normalized spacial score (nSPS) is 15.9. The van der Waals surface area contributed by atoms with Gasteiger partial charge in [0.25, 0.3) is 0 Å². The van der Waals surface area contributed by atoms with Crippen LogP contribution in [0.4, 0.5) is 0 Å². The summed E-state index contributed by atoms with van der Waals surface area (Å²) in [4.78, 5) is 0. The molecule has 0 radical (unpaired) electrons. The van der Waals surface area contributed by atoms with Gasteiger partial charge in [-0.25, -0.2) is 0 Å². The van der Waals surface area contributed by atoms with E-state index in [-0.39, 0.29) is 5.41 Å². The second-order valence-electron chi connectivity index (χ2n) is 6.20. The maximum Gasteiger partial charge on any atom is 0.0321 e. The number of rotatable bonds is 1. The topological polar surface area (TPSA) is 0 Å². The van der Waals surface area contributed by atoms with E-state index < -0.39 is 11.8 Å². The lowest BCUT2D eigenvalue weighted by Crippen LogP contribution is -2.12. The van der Waals surface area contributed by atoms with E-state index >= 15 is 0 Å². The van der Waals surface area contributed by atoms with Gasteiger partial charge in [-0.1, -0.05) is 65.8 Å². The van der Waals surface area contributed by atoms with Crippen LogP contribution in [0.5, 0.6) is 0 Å². The Morgan fingerprint density at radius 2 is 1.40 bits per heavy atom. The van der Waals surface area contributed by atoms with Crippen LogP contribution in [0.3, 0.4) is 0 Å². The van der Waals surface area contributed by atoms with E-state index in [4.69, 9.17) is 2.74 Å². The highest BCUT2D eigenvalue weighted by Gasteiger charge is 2.14. The lowest BCUT2D eigenvalue weighted by Gasteiger charge is -2.21. The summed E-state index contributed by atoms with van der Waals surface area (Å²) in [5, 5.41) is 0. The Labute approximate surface area is 97.5 Å². The average Bonchev–Trinajstić information content (AvgIpc) is 2.15. The molecule has 0 aliphatic heterocycles. The minimum atomic E-state index is -1.30. The molecule has 15 heavy (non-hydrogen) atoms. The predicted octanol–water partition coefficient (Wildman–Crippen LogP) is 4.57. The van der Waals surface area contributed by atoms with E-state index in [1.807, 2.05) is 45.0 Å². The summed E-state index contributed by atoms with van der Waals surface area (Å²) in [6.07, 6.45) is -1.30. The van der Waals surface area contributed by atoms with Gasteiger partial charge in [0.1, 0.15) is 0 Å². The highest BCUT2D eigenvalue weighted by Crippen LogP contribution is 2.25. The molecule has 1 rings (SSSR count). The van der Waals surface area contributed by atoms with E-state index in [1.54, 1.807) is 0 Å². The summed E-state index contributed by atoms with van der Waals surface area (Å²) in [7, 11) is 0. The first-order valence-electron chi connectivity index (χ1n) is 6.57. The summed E-state index contributed by atoms with van der Waals surface area (Å²) in [5.41, 5.74) is 1.73. The van der Waals surface area contributed by atoms with Gasteiger partial charge in [-0.05, 0) is 28.3 Å². The average molecular weight is 206 g/mol. The zero-order chi connectivity index (χ0) is 13.5. The number of hydrogen-bond donors (Lipinski definition) is 0. The fourth-order valence-corrected chi connectivity index (χ4v) is 1.49. The standard InChI is InChI=1S/C15H24/c1-14(2,3)11-12-7-9-13(10-8-12)15(4,5)6/h7-10H,11H2,1-6H3/i11D2. The van der Waals surface area contributed by atoms with E-state index in [2.05, 4.69) is 20.8 Å². The van der Waals surface area contributed by atoms with Crippen molar-refractivity contribution in [2.45, 2.75) is 53.3 Å². The van der Waals surface area contributed by atoms with Crippen LogP contribution in [0.15, 0.2) is 24.3 Å². The molecule has 1 aromatic carbocycles. The zero-order valence-corrected chi connectivity index (χ0v) is 10.8. The monoisotopic (exact) mass is 206 g/mol. The summed E-state index contributed by atoms with van der Waals surface area (Å²) >= 11 is 0. The first kappa shape index (κ1) is 9.45. The van der Waals surface area contributed by atoms with Crippen LogP contribution in [-0.2, 0) is 11.8 Å². The molecule has 0 heterocycles. The van der Waals surface area contributed by atoms with Gasteiger partial charge in [0.2, 0.25) is 0 Å². The molecule has 0 fully saturated rings. The van der Waals surface area contributed by atoms with E-state index in [9.17, 15) is 0 Å². The van der Waals surface area contributed by atoms with Gasteiger partial charge < -0.3 is 0 Å².